The van der Waals surface area contributed by atoms with Crippen molar-refractivity contribution in [2.45, 2.75) is 13.1 Å². The number of ether oxygens (including phenoxy) is 1. The molecule has 1 aromatic heterocycles. The molecule has 3 rings (SSSR count). The van der Waals surface area contributed by atoms with Gasteiger partial charge >= 0.3 is 0 Å². The number of rotatable bonds is 6. The maximum Gasteiger partial charge on any atom is 0.191 e. The summed E-state index contributed by atoms with van der Waals surface area (Å²) in [6.45, 7) is 1.37. The van der Waals surface area contributed by atoms with E-state index in [9.17, 15) is 0 Å². The lowest BCUT2D eigenvalue weighted by Crippen LogP contribution is -2.36. The molecule has 0 unspecified atom stereocenters. The van der Waals surface area contributed by atoms with Gasteiger partial charge in [-0.05, 0) is 41.5 Å². The Bertz CT molecular complexity index is 841. The van der Waals surface area contributed by atoms with E-state index in [-0.39, 0.29) is 0 Å². The van der Waals surface area contributed by atoms with Crippen LogP contribution in [0.1, 0.15) is 11.1 Å². The maximum atomic E-state index is 5.25. The molecule has 0 aliphatic carbocycles. The fourth-order valence-corrected chi connectivity index (χ4v) is 2.56. The molecule has 0 saturated carbocycles. The quantitative estimate of drug-likeness (QED) is 0.531. The third-order valence-electron chi connectivity index (χ3n) is 3.98. The van der Waals surface area contributed by atoms with Crippen LogP contribution in [-0.4, -0.2) is 29.9 Å². The molecule has 26 heavy (non-hydrogen) atoms. The molecule has 0 fully saturated rings. The third-order valence-corrected chi connectivity index (χ3v) is 3.98. The molecule has 0 bridgehead atoms. The van der Waals surface area contributed by atoms with Crippen molar-refractivity contribution in [1.29, 1.82) is 0 Å². The zero-order valence-corrected chi connectivity index (χ0v) is 15.0. The average Bonchev–Trinajstić information content (AvgIpc) is 3.23. The zero-order chi connectivity index (χ0) is 18.2. The molecule has 134 valence electrons. The van der Waals surface area contributed by atoms with Crippen LogP contribution in [0.15, 0.2) is 72.0 Å². The average molecular weight is 349 g/mol. The lowest BCUT2D eigenvalue weighted by atomic mass is 10.2. The second-order valence-electron chi connectivity index (χ2n) is 5.75. The Balaban J connectivity index is 1.52. The van der Waals surface area contributed by atoms with E-state index in [0.29, 0.717) is 13.1 Å². The Morgan fingerprint density at radius 1 is 1.04 bits per heavy atom. The molecule has 0 atom stereocenters. The Morgan fingerprint density at radius 3 is 2.46 bits per heavy atom. The van der Waals surface area contributed by atoms with Crippen molar-refractivity contribution in [2.24, 2.45) is 4.99 Å². The van der Waals surface area contributed by atoms with Gasteiger partial charge in [-0.1, -0.05) is 24.3 Å². The van der Waals surface area contributed by atoms with Crippen LogP contribution in [0, 0.1) is 0 Å². The molecule has 6 nitrogen and oxygen atoms in total. The van der Waals surface area contributed by atoms with Crippen LogP contribution < -0.4 is 15.4 Å². The molecule has 0 aliphatic heterocycles. The summed E-state index contributed by atoms with van der Waals surface area (Å²) >= 11 is 0. The molecular weight excluding hydrogens is 326 g/mol. The van der Waals surface area contributed by atoms with Gasteiger partial charge in [0.2, 0.25) is 0 Å². The molecule has 0 saturated heterocycles. The summed E-state index contributed by atoms with van der Waals surface area (Å²) < 4.78 is 7.09. The van der Waals surface area contributed by atoms with Gasteiger partial charge in [-0.15, -0.1) is 0 Å². The molecule has 0 radical (unpaired) electrons. The van der Waals surface area contributed by atoms with Crippen LogP contribution in [0.2, 0.25) is 0 Å². The Hall–Kier alpha value is -3.28. The molecule has 1 heterocycles. The topological polar surface area (TPSA) is 63.5 Å². The summed E-state index contributed by atoms with van der Waals surface area (Å²) in [7, 11) is 3.44. The van der Waals surface area contributed by atoms with E-state index in [1.54, 1.807) is 20.4 Å². The molecule has 2 N–H and O–H groups in total. The molecule has 6 heteroatoms. The van der Waals surface area contributed by atoms with Crippen LogP contribution in [0.5, 0.6) is 5.75 Å². The van der Waals surface area contributed by atoms with Gasteiger partial charge in [0.15, 0.2) is 5.96 Å². The molecule has 0 spiro atoms. The highest BCUT2D eigenvalue weighted by atomic mass is 16.5. The largest absolute Gasteiger partial charge is 0.497 e. The van der Waals surface area contributed by atoms with E-state index < -0.39 is 0 Å². The standard InChI is InChI=1S/C20H23N5O/c1-21-20(23-15-17-5-3-6-19(13-17)26-2)22-14-16-7-9-18(10-8-16)25-12-4-11-24-25/h3-13H,14-15H2,1-2H3,(H2,21,22,23). The fourth-order valence-electron chi connectivity index (χ4n) is 2.56. The van der Waals surface area contributed by atoms with Gasteiger partial charge in [0.05, 0.1) is 12.8 Å². The monoisotopic (exact) mass is 349 g/mol. The van der Waals surface area contributed by atoms with Gasteiger partial charge in [-0.2, -0.15) is 5.10 Å². The van der Waals surface area contributed by atoms with Gasteiger partial charge in [0.25, 0.3) is 0 Å². The number of benzene rings is 2. The summed E-state index contributed by atoms with van der Waals surface area (Å²) in [5.74, 6) is 1.61. The number of methoxy groups -OCH3 is 1. The second kappa shape index (κ2) is 8.71. The molecular formula is C20H23N5O. The highest BCUT2D eigenvalue weighted by Gasteiger charge is 2.01. The van der Waals surface area contributed by atoms with Gasteiger partial charge in [-0.25, -0.2) is 4.68 Å². The van der Waals surface area contributed by atoms with E-state index >= 15 is 0 Å². The van der Waals surface area contributed by atoms with Crippen LogP contribution in [0.3, 0.4) is 0 Å². The first-order valence-corrected chi connectivity index (χ1v) is 8.45. The summed E-state index contributed by atoms with van der Waals surface area (Å²) in [5, 5.41) is 10.9. The van der Waals surface area contributed by atoms with Crippen molar-refractivity contribution < 1.29 is 4.74 Å². The Labute approximate surface area is 153 Å². The van der Waals surface area contributed by atoms with E-state index in [1.807, 2.05) is 35.1 Å². The molecule has 0 amide bonds. The van der Waals surface area contributed by atoms with E-state index in [1.165, 1.54) is 5.56 Å². The maximum absolute atomic E-state index is 5.25. The number of aliphatic imine (C=N–C) groups is 1. The minimum atomic E-state index is 0.676. The predicted molar refractivity (Wildman–Crippen MR) is 104 cm³/mol. The van der Waals surface area contributed by atoms with E-state index in [2.05, 4.69) is 51.1 Å². The van der Waals surface area contributed by atoms with Crippen LogP contribution in [0.25, 0.3) is 5.69 Å². The number of aromatic nitrogens is 2. The molecule has 2 aromatic carbocycles. The number of hydrogen-bond acceptors (Lipinski definition) is 3. The van der Waals surface area contributed by atoms with Gasteiger partial charge in [0, 0.05) is 32.5 Å². The zero-order valence-electron chi connectivity index (χ0n) is 15.0. The summed E-state index contributed by atoms with van der Waals surface area (Å²) in [5.41, 5.74) is 3.35. The van der Waals surface area contributed by atoms with Gasteiger partial charge in [-0.3, -0.25) is 4.99 Å². The van der Waals surface area contributed by atoms with Gasteiger partial charge < -0.3 is 15.4 Å². The number of guanidine groups is 1. The molecule has 3 aromatic rings. The van der Waals surface area contributed by atoms with Crippen molar-refractivity contribution in [3.63, 3.8) is 0 Å². The first-order valence-electron chi connectivity index (χ1n) is 8.45. The second-order valence-corrected chi connectivity index (χ2v) is 5.75. The summed E-state index contributed by atoms with van der Waals surface area (Å²) in [6.07, 6.45) is 3.70. The van der Waals surface area contributed by atoms with Gasteiger partial charge in [0.1, 0.15) is 5.75 Å². The van der Waals surface area contributed by atoms with Crippen molar-refractivity contribution in [3.8, 4) is 11.4 Å². The van der Waals surface area contributed by atoms with Crippen molar-refractivity contribution in [2.75, 3.05) is 14.2 Å². The van der Waals surface area contributed by atoms with Crippen LogP contribution >= 0.6 is 0 Å². The lowest BCUT2D eigenvalue weighted by molar-refractivity contribution is 0.414. The van der Waals surface area contributed by atoms with Crippen LogP contribution in [0.4, 0.5) is 0 Å². The van der Waals surface area contributed by atoms with Crippen LogP contribution in [-0.2, 0) is 13.1 Å². The van der Waals surface area contributed by atoms with Crippen molar-refractivity contribution >= 4 is 5.96 Å². The minimum Gasteiger partial charge on any atom is -0.497 e. The Morgan fingerprint density at radius 2 is 1.81 bits per heavy atom. The first-order chi connectivity index (χ1) is 12.8. The number of nitrogens with one attached hydrogen (secondary N) is 2. The minimum absolute atomic E-state index is 0.676. The fraction of sp³-hybridized carbons (Fsp3) is 0.200. The van der Waals surface area contributed by atoms with Crippen molar-refractivity contribution in [1.82, 2.24) is 20.4 Å². The van der Waals surface area contributed by atoms with Crippen molar-refractivity contribution in [3.05, 3.63) is 78.1 Å². The third kappa shape index (κ3) is 4.63. The van der Waals surface area contributed by atoms with E-state index in [0.717, 1.165) is 23.0 Å². The Kier molecular flexibility index (Phi) is 5.88. The normalized spacial score (nSPS) is 11.2. The number of hydrogen-bond donors (Lipinski definition) is 2. The SMILES string of the molecule is CN=C(NCc1ccc(-n2cccn2)cc1)NCc1cccc(OC)c1. The summed E-state index contributed by atoms with van der Waals surface area (Å²) in [4.78, 5) is 4.27. The molecule has 0 aliphatic rings. The predicted octanol–water partition coefficient (Wildman–Crippen LogP) is 2.75. The number of nitrogens with zero attached hydrogens (tertiary/aromatic N) is 3. The summed E-state index contributed by atoms with van der Waals surface area (Å²) in [6, 6.07) is 18.2. The van der Waals surface area contributed by atoms with E-state index in [4.69, 9.17) is 4.74 Å². The highest BCUT2D eigenvalue weighted by molar-refractivity contribution is 5.79. The first kappa shape index (κ1) is 17.5. The lowest BCUT2D eigenvalue weighted by Gasteiger charge is -2.13. The smallest absolute Gasteiger partial charge is 0.191 e. The highest BCUT2D eigenvalue weighted by Crippen LogP contribution is 2.12.